The van der Waals surface area contributed by atoms with E-state index in [1.807, 2.05) is 82.7 Å². The number of nitrogens with zero attached hydrogens (tertiary/aromatic N) is 4. The third-order valence-electron chi connectivity index (χ3n) is 4.97. The fraction of sp³-hybridized carbons (Fsp3) is 0.167. The first-order chi connectivity index (χ1) is 14.6. The summed E-state index contributed by atoms with van der Waals surface area (Å²) in [5.74, 6) is 1.69. The van der Waals surface area contributed by atoms with E-state index in [9.17, 15) is 0 Å². The van der Waals surface area contributed by atoms with Crippen molar-refractivity contribution in [3.8, 4) is 11.5 Å². The van der Waals surface area contributed by atoms with Crippen molar-refractivity contribution in [3.05, 3.63) is 102 Å². The molecule has 0 unspecified atom stereocenters. The molecule has 152 valence electrons. The molecule has 2 aromatic heterocycles. The molecule has 0 amide bonds. The second-order valence-corrected chi connectivity index (χ2v) is 7.03. The van der Waals surface area contributed by atoms with Crippen LogP contribution in [0.2, 0.25) is 0 Å². The number of benzene rings is 2. The van der Waals surface area contributed by atoms with E-state index in [0.717, 1.165) is 39.3 Å². The number of methoxy groups -OCH3 is 2. The zero-order valence-electron chi connectivity index (χ0n) is 17.2. The minimum atomic E-state index is 0.688. The summed E-state index contributed by atoms with van der Waals surface area (Å²) in [6, 6.07) is 16.0. The number of ether oxygens (including phenoxy) is 2. The van der Waals surface area contributed by atoms with E-state index in [4.69, 9.17) is 9.47 Å². The highest BCUT2D eigenvalue weighted by Gasteiger charge is 2.09. The summed E-state index contributed by atoms with van der Waals surface area (Å²) in [5.41, 5.74) is 5.17. The standard InChI is InChI=1S/C24H24N4O2/c1-18(21-12-25-27(16-21)14-19-4-8-23(29-2)9-5-19)22-13-26-28(17-22)15-20-6-10-24(30-3)11-7-20/h4-13,16-17H,1,14-15H2,2-3H3. The lowest BCUT2D eigenvalue weighted by Gasteiger charge is -2.04. The Bertz CT molecular complexity index is 1030. The summed E-state index contributed by atoms with van der Waals surface area (Å²) in [6.07, 6.45) is 7.69. The van der Waals surface area contributed by atoms with E-state index in [0.29, 0.717) is 13.1 Å². The van der Waals surface area contributed by atoms with Gasteiger partial charge in [0.2, 0.25) is 0 Å². The molecule has 0 spiro atoms. The molecule has 6 nitrogen and oxygen atoms in total. The maximum absolute atomic E-state index is 5.21. The van der Waals surface area contributed by atoms with Crippen molar-refractivity contribution < 1.29 is 9.47 Å². The van der Waals surface area contributed by atoms with Gasteiger partial charge in [-0.25, -0.2) is 0 Å². The molecule has 0 N–H and O–H groups in total. The highest BCUT2D eigenvalue weighted by Crippen LogP contribution is 2.22. The molecule has 0 saturated carbocycles. The molecule has 4 rings (SSSR count). The molecule has 0 aliphatic heterocycles. The Morgan fingerprint density at radius 2 is 1.13 bits per heavy atom. The Balaban J connectivity index is 1.42. The van der Waals surface area contributed by atoms with Gasteiger partial charge in [0.05, 0.1) is 39.7 Å². The number of hydrogen-bond donors (Lipinski definition) is 0. The Morgan fingerprint density at radius 1 is 0.733 bits per heavy atom. The number of rotatable bonds is 8. The second kappa shape index (κ2) is 8.69. The first-order valence-corrected chi connectivity index (χ1v) is 9.65. The van der Waals surface area contributed by atoms with Crippen LogP contribution in [0.5, 0.6) is 11.5 Å². The lowest BCUT2D eigenvalue weighted by atomic mass is 10.1. The zero-order chi connectivity index (χ0) is 20.9. The topological polar surface area (TPSA) is 54.1 Å². The van der Waals surface area contributed by atoms with Crippen LogP contribution in [0.1, 0.15) is 22.3 Å². The van der Waals surface area contributed by atoms with Gasteiger partial charge in [0.1, 0.15) is 11.5 Å². The molecule has 0 radical (unpaired) electrons. The second-order valence-electron chi connectivity index (χ2n) is 7.03. The molecule has 2 heterocycles. The van der Waals surface area contributed by atoms with E-state index >= 15 is 0 Å². The van der Waals surface area contributed by atoms with Crippen LogP contribution in [0, 0.1) is 0 Å². The summed E-state index contributed by atoms with van der Waals surface area (Å²) in [5, 5.41) is 8.95. The van der Waals surface area contributed by atoms with Crippen molar-refractivity contribution in [2.45, 2.75) is 13.1 Å². The molecule has 30 heavy (non-hydrogen) atoms. The van der Waals surface area contributed by atoms with Crippen LogP contribution in [-0.4, -0.2) is 33.8 Å². The summed E-state index contributed by atoms with van der Waals surface area (Å²) in [6.45, 7) is 5.62. The quantitative estimate of drug-likeness (QED) is 0.444. The van der Waals surface area contributed by atoms with Gasteiger partial charge < -0.3 is 9.47 Å². The van der Waals surface area contributed by atoms with E-state index in [1.54, 1.807) is 14.2 Å². The molecule has 2 aromatic carbocycles. The Labute approximate surface area is 176 Å². The monoisotopic (exact) mass is 400 g/mol. The molecular formula is C24H24N4O2. The van der Waals surface area contributed by atoms with Crippen LogP contribution in [-0.2, 0) is 13.1 Å². The average Bonchev–Trinajstić information content (AvgIpc) is 3.44. The summed E-state index contributed by atoms with van der Waals surface area (Å²) in [7, 11) is 3.33. The predicted molar refractivity (Wildman–Crippen MR) is 117 cm³/mol. The van der Waals surface area contributed by atoms with Crippen LogP contribution in [0.3, 0.4) is 0 Å². The molecule has 0 saturated heterocycles. The molecule has 0 aliphatic rings. The molecule has 0 atom stereocenters. The maximum Gasteiger partial charge on any atom is 0.118 e. The fourth-order valence-electron chi connectivity index (χ4n) is 3.21. The van der Waals surface area contributed by atoms with Crippen molar-refractivity contribution in [1.82, 2.24) is 19.6 Å². The van der Waals surface area contributed by atoms with E-state index in [2.05, 4.69) is 16.8 Å². The van der Waals surface area contributed by atoms with E-state index in [1.165, 1.54) is 0 Å². The van der Waals surface area contributed by atoms with Crippen LogP contribution in [0.25, 0.3) is 5.57 Å². The number of aromatic nitrogens is 4. The molecule has 4 aromatic rings. The Hall–Kier alpha value is -3.80. The van der Waals surface area contributed by atoms with Gasteiger partial charge in [-0.1, -0.05) is 30.8 Å². The average molecular weight is 400 g/mol. The van der Waals surface area contributed by atoms with Gasteiger partial charge >= 0.3 is 0 Å². The van der Waals surface area contributed by atoms with Crippen LogP contribution in [0.15, 0.2) is 79.9 Å². The predicted octanol–water partition coefficient (Wildman–Crippen LogP) is 4.25. The summed E-state index contributed by atoms with van der Waals surface area (Å²) < 4.78 is 14.2. The van der Waals surface area contributed by atoms with Crippen molar-refractivity contribution in [2.24, 2.45) is 0 Å². The van der Waals surface area contributed by atoms with Gasteiger partial charge in [-0.3, -0.25) is 9.36 Å². The maximum atomic E-state index is 5.21. The zero-order valence-corrected chi connectivity index (χ0v) is 17.2. The molecule has 0 fully saturated rings. The van der Waals surface area contributed by atoms with Gasteiger partial charge in [0, 0.05) is 23.5 Å². The minimum absolute atomic E-state index is 0.688. The molecule has 6 heteroatoms. The Kier molecular flexibility index (Phi) is 5.66. The summed E-state index contributed by atoms with van der Waals surface area (Å²) in [4.78, 5) is 0. The van der Waals surface area contributed by atoms with Gasteiger partial charge in [-0.15, -0.1) is 0 Å². The highest BCUT2D eigenvalue weighted by molar-refractivity contribution is 5.76. The van der Waals surface area contributed by atoms with Gasteiger partial charge in [-0.05, 0) is 41.0 Å². The fourth-order valence-corrected chi connectivity index (χ4v) is 3.21. The third-order valence-corrected chi connectivity index (χ3v) is 4.97. The van der Waals surface area contributed by atoms with Gasteiger partial charge in [0.15, 0.2) is 0 Å². The van der Waals surface area contributed by atoms with E-state index < -0.39 is 0 Å². The van der Waals surface area contributed by atoms with Gasteiger partial charge in [-0.2, -0.15) is 10.2 Å². The largest absolute Gasteiger partial charge is 0.497 e. The smallest absolute Gasteiger partial charge is 0.118 e. The van der Waals surface area contributed by atoms with Gasteiger partial charge in [0.25, 0.3) is 0 Å². The number of hydrogen-bond acceptors (Lipinski definition) is 4. The lowest BCUT2D eigenvalue weighted by molar-refractivity contribution is 0.414. The van der Waals surface area contributed by atoms with Crippen molar-refractivity contribution >= 4 is 5.57 Å². The molecular weight excluding hydrogens is 376 g/mol. The lowest BCUT2D eigenvalue weighted by Crippen LogP contribution is -2.00. The molecule has 0 bridgehead atoms. The third kappa shape index (κ3) is 4.43. The highest BCUT2D eigenvalue weighted by atomic mass is 16.5. The van der Waals surface area contributed by atoms with Crippen molar-refractivity contribution in [1.29, 1.82) is 0 Å². The first kappa shape index (κ1) is 19.5. The summed E-state index contributed by atoms with van der Waals surface area (Å²) >= 11 is 0. The van der Waals surface area contributed by atoms with Crippen molar-refractivity contribution in [3.63, 3.8) is 0 Å². The molecule has 0 aliphatic carbocycles. The van der Waals surface area contributed by atoms with Crippen LogP contribution in [0.4, 0.5) is 0 Å². The van der Waals surface area contributed by atoms with Crippen LogP contribution >= 0.6 is 0 Å². The minimum Gasteiger partial charge on any atom is -0.497 e. The normalized spacial score (nSPS) is 10.7. The Morgan fingerprint density at radius 3 is 1.50 bits per heavy atom. The van der Waals surface area contributed by atoms with E-state index in [-0.39, 0.29) is 0 Å². The SMILES string of the molecule is C=C(c1cnn(Cc2ccc(OC)cc2)c1)c1cnn(Cc2ccc(OC)cc2)c1. The van der Waals surface area contributed by atoms with Crippen molar-refractivity contribution in [2.75, 3.05) is 14.2 Å². The van der Waals surface area contributed by atoms with Crippen LogP contribution < -0.4 is 9.47 Å². The first-order valence-electron chi connectivity index (χ1n) is 9.65.